The lowest BCUT2D eigenvalue weighted by atomic mass is 10.1. The fourth-order valence-corrected chi connectivity index (χ4v) is 3.48. The first-order valence-corrected chi connectivity index (χ1v) is 10.1. The average Bonchev–Trinajstić information content (AvgIpc) is 3.60. The van der Waals surface area contributed by atoms with Crippen molar-refractivity contribution in [3.8, 4) is 40.2 Å². The van der Waals surface area contributed by atoms with E-state index in [1.165, 1.54) is 18.7 Å². The van der Waals surface area contributed by atoms with Crippen LogP contribution in [0.2, 0.25) is 5.02 Å². The lowest BCUT2D eigenvalue weighted by Crippen LogP contribution is -1.80. The maximum atomic E-state index is 9.82. The topological polar surface area (TPSA) is 88.7 Å². The first kappa shape index (κ1) is 19.7. The zero-order valence-electron chi connectivity index (χ0n) is 16.8. The van der Waals surface area contributed by atoms with Gasteiger partial charge in [-0.25, -0.2) is 4.99 Å². The van der Waals surface area contributed by atoms with E-state index < -0.39 is 0 Å². The van der Waals surface area contributed by atoms with Gasteiger partial charge in [0.25, 0.3) is 0 Å². The van der Waals surface area contributed by atoms with Gasteiger partial charge in [-0.2, -0.15) is 5.26 Å². The summed E-state index contributed by atoms with van der Waals surface area (Å²) in [7, 11) is 0. The van der Waals surface area contributed by atoms with E-state index >= 15 is 0 Å². The SMILES string of the molecule is Cc1ccc(-c2ccc(C=Nc3oc(-c4ccco4)c(-c4ccco4)c3C#N)o2)cc1Cl. The fraction of sp³-hybridized carbons (Fsp3) is 0.0400. The first-order valence-electron chi connectivity index (χ1n) is 9.69. The van der Waals surface area contributed by atoms with Crippen LogP contribution in [0, 0.1) is 18.3 Å². The number of rotatable bonds is 5. The molecule has 0 atom stereocenters. The lowest BCUT2D eigenvalue weighted by Gasteiger charge is -2.00. The van der Waals surface area contributed by atoms with Gasteiger partial charge in [0.15, 0.2) is 11.5 Å². The number of aryl methyl sites for hydroxylation is 1. The van der Waals surface area contributed by atoms with Gasteiger partial charge in [0.1, 0.15) is 28.9 Å². The smallest absolute Gasteiger partial charge is 0.238 e. The molecule has 0 aliphatic carbocycles. The molecular weight excluding hydrogens is 428 g/mol. The predicted molar refractivity (Wildman–Crippen MR) is 120 cm³/mol. The average molecular weight is 443 g/mol. The Balaban J connectivity index is 1.52. The molecule has 4 heterocycles. The molecule has 6 nitrogen and oxygen atoms in total. The van der Waals surface area contributed by atoms with E-state index in [9.17, 15) is 5.26 Å². The minimum atomic E-state index is 0.127. The van der Waals surface area contributed by atoms with Crippen LogP contribution in [0.4, 0.5) is 5.88 Å². The first-order chi connectivity index (χ1) is 15.6. The number of nitriles is 1. The van der Waals surface area contributed by atoms with Crippen LogP contribution in [0.25, 0.3) is 34.2 Å². The number of furan rings is 4. The fourth-order valence-electron chi connectivity index (χ4n) is 3.30. The molecule has 0 fully saturated rings. The van der Waals surface area contributed by atoms with Gasteiger partial charge in [0.05, 0.1) is 24.3 Å². The zero-order valence-corrected chi connectivity index (χ0v) is 17.6. The number of hydrogen-bond donors (Lipinski definition) is 0. The molecule has 5 rings (SSSR count). The van der Waals surface area contributed by atoms with E-state index in [1.54, 1.807) is 30.3 Å². The standard InChI is InChI=1S/C25H15ClN2O4/c1-15-6-7-16(12-19(15)26)20-9-8-17(31-20)14-28-25-18(13-27)23(21-4-2-10-29-21)24(32-25)22-5-3-11-30-22/h2-12,14H,1H3. The van der Waals surface area contributed by atoms with Crippen LogP contribution in [0.5, 0.6) is 0 Å². The molecule has 4 aromatic heterocycles. The largest absolute Gasteiger partial charge is 0.464 e. The maximum absolute atomic E-state index is 9.82. The Hall–Kier alpha value is -4.21. The van der Waals surface area contributed by atoms with E-state index in [-0.39, 0.29) is 11.4 Å². The highest BCUT2D eigenvalue weighted by Crippen LogP contribution is 2.42. The Bertz CT molecular complexity index is 1450. The zero-order chi connectivity index (χ0) is 22.1. The van der Waals surface area contributed by atoms with Crippen molar-refractivity contribution in [2.75, 3.05) is 0 Å². The number of nitrogens with zero attached hydrogens (tertiary/aromatic N) is 2. The second-order valence-corrected chi connectivity index (χ2v) is 7.38. The molecule has 156 valence electrons. The summed E-state index contributed by atoms with van der Waals surface area (Å²) in [5.74, 6) is 2.59. The highest BCUT2D eigenvalue weighted by Gasteiger charge is 2.26. The Morgan fingerprint density at radius 3 is 2.41 bits per heavy atom. The molecule has 0 amide bonds. The van der Waals surface area contributed by atoms with Crippen LogP contribution in [0.1, 0.15) is 16.9 Å². The van der Waals surface area contributed by atoms with Gasteiger partial charge in [-0.1, -0.05) is 23.7 Å². The molecule has 0 unspecified atom stereocenters. The van der Waals surface area contributed by atoms with Crippen LogP contribution in [-0.2, 0) is 0 Å². The summed E-state index contributed by atoms with van der Waals surface area (Å²) >= 11 is 6.22. The molecule has 0 aliphatic rings. The van der Waals surface area contributed by atoms with Crippen molar-refractivity contribution in [3.63, 3.8) is 0 Å². The summed E-state index contributed by atoms with van der Waals surface area (Å²) in [5.41, 5.74) is 2.57. The second-order valence-electron chi connectivity index (χ2n) is 6.98. The monoisotopic (exact) mass is 442 g/mol. The van der Waals surface area contributed by atoms with Crippen LogP contribution in [-0.4, -0.2) is 6.21 Å². The summed E-state index contributed by atoms with van der Waals surface area (Å²) in [6, 6.07) is 18.5. The van der Waals surface area contributed by atoms with Crippen molar-refractivity contribution in [3.05, 3.63) is 89.0 Å². The number of hydrogen-bond acceptors (Lipinski definition) is 6. The van der Waals surface area contributed by atoms with E-state index in [2.05, 4.69) is 11.1 Å². The number of benzene rings is 1. The van der Waals surface area contributed by atoms with Crippen LogP contribution in [0.15, 0.2) is 89.8 Å². The van der Waals surface area contributed by atoms with E-state index in [0.717, 1.165) is 11.1 Å². The van der Waals surface area contributed by atoms with Gasteiger partial charge in [0.2, 0.25) is 5.88 Å². The van der Waals surface area contributed by atoms with Crippen LogP contribution < -0.4 is 0 Å². The lowest BCUT2D eigenvalue weighted by molar-refractivity contribution is 0.527. The quantitative estimate of drug-likeness (QED) is 0.261. The second kappa shape index (κ2) is 8.14. The third kappa shape index (κ3) is 3.55. The summed E-state index contributed by atoms with van der Waals surface area (Å²) in [6.07, 6.45) is 4.55. The summed E-state index contributed by atoms with van der Waals surface area (Å²) < 4.78 is 22.8. The highest BCUT2D eigenvalue weighted by atomic mass is 35.5. The molecule has 7 heteroatoms. The van der Waals surface area contributed by atoms with Gasteiger partial charge in [-0.3, -0.25) is 0 Å². The van der Waals surface area contributed by atoms with E-state index in [0.29, 0.717) is 39.4 Å². The van der Waals surface area contributed by atoms with Crippen molar-refractivity contribution in [1.29, 1.82) is 5.26 Å². The number of halogens is 1. The Morgan fingerprint density at radius 2 is 1.72 bits per heavy atom. The van der Waals surface area contributed by atoms with Gasteiger partial charge >= 0.3 is 0 Å². The molecule has 0 spiro atoms. The number of aliphatic imine (C=N–C) groups is 1. The summed E-state index contributed by atoms with van der Waals surface area (Å²) in [6.45, 7) is 1.94. The van der Waals surface area contributed by atoms with Crippen molar-refractivity contribution in [2.45, 2.75) is 6.92 Å². The van der Waals surface area contributed by atoms with Gasteiger partial charge in [-0.05, 0) is 55.0 Å². The maximum Gasteiger partial charge on any atom is 0.238 e. The molecule has 32 heavy (non-hydrogen) atoms. The molecule has 0 saturated heterocycles. The molecule has 0 radical (unpaired) electrons. The Morgan fingerprint density at radius 1 is 0.938 bits per heavy atom. The third-order valence-corrected chi connectivity index (χ3v) is 5.31. The van der Waals surface area contributed by atoms with Gasteiger partial charge in [0, 0.05) is 10.6 Å². The predicted octanol–water partition coefficient (Wildman–Crippen LogP) is 7.64. The van der Waals surface area contributed by atoms with Gasteiger partial charge < -0.3 is 17.7 Å². The Labute approximate surface area is 188 Å². The molecule has 1 aromatic carbocycles. The van der Waals surface area contributed by atoms with Crippen molar-refractivity contribution in [2.24, 2.45) is 4.99 Å². The Kier molecular flexibility index (Phi) is 5.02. The summed E-state index contributed by atoms with van der Waals surface area (Å²) in [4.78, 5) is 4.37. The highest BCUT2D eigenvalue weighted by molar-refractivity contribution is 6.31. The van der Waals surface area contributed by atoms with Crippen LogP contribution in [0.3, 0.4) is 0 Å². The molecule has 0 bridgehead atoms. The molecule has 0 N–H and O–H groups in total. The normalized spacial score (nSPS) is 11.3. The van der Waals surface area contributed by atoms with E-state index in [4.69, 9.17) is 29.3 Å². The van der Waals surface area contributed by atoms with Crippen LogP contribution >= 0.6 is 11.6 Å². The molecule has 0 saturated carbocycles. The molecular formula is C25H15ClN2O4. The van der Waals surface area contributed by atoms with Crippen molar-refractivity contribution >= 4 is 23.7 Å². The van der Waals surface area contributed by atoms with Gasteiger partial charge in [-0.15, -0.1) is 0 Å². The van der Waals surface area contributed by atoms with Crippen molar-refractivity contribution in [1.82, 2.24) is 0 Å². The van der Waals surface area contributed by atoms with E-state index in [1.807, 2.05) is 31.2 Å². The minimum Gasteiger partial charge on any atom is -0.464 e. The summed E-state index contributed by atoms with van der Waals surface area (Å²) in [5, 5.41) is 10.5. The van der Waals surface area contributed by atoms with Crippen molar-refractivity contribution < 1.29 is 17.7 Å². The minimum absolute atomic E-state index is 0.127. The third-order valence-electron chi connectivity index (χ3n) is 4.91. The molecule has 0 aliphatic heterocycles. The molecule has 5 aromatic rings.